The lowest BCUT2D eigenvalue weighted by Gasteiger charge is -2.02. The third kappa shape index (κ3) is 3.47. The van der Waals surface area contributed by atoms with Gasteiger partial charge in [0.15, 0.2) is 0 Å². The van der Waals surface area contributed by atoms with E-state index in [-0.39, 0.29) is 5.91 Å². The number of nitrogens with one attached hydrogen (secondary N) is 1. The fourth-order valence-electron chi connectivity index (χ4n) is 0.931. The smallest absolute Gasteiger partial charge is 0.267 e. The van der Waals surface area contributed by atoms with Gasteiger partial charge >= 0.3 is 0 Å². The number of halogens is 1. The van der Waals surface area contributed by atoms with Crippen LogP contribution < -0.4 is 5.43 Å². The number of benzene rings is 1. The largest absolute Gasteiger partial charge is 0.272 e. The number of carbonyl (C=O) groups is 1. The minimum Gasteiger partial charge on any atom is -0.267 e. The quantitative estimate of drug-likeness (QED) is 0.665. The molecule has 0 aliphatic carbocycles. The Hall–Kier alpha value is -1.16. The van der Waals surface area contributed by atoms with E-state index in [1.165, 1.54) is 0 Å². The first-order valence-electron chi connectivity index (χ1n) is 4.73. The van der Waals surface area contributed by atoms with Crippen molar-refractivity contribution in [1.29, 1.82) is 0 Å². The van der Waals surface area contributed by atoms with E-state index in [2.05, 4.69) is 26.5 Å². The van der Waals surface area contributed by atoms with Crippen molar-refractivity contribution < 1.29 is 4.79 Å². The van der Waals surface area contributed by atoms with E-state index in [9.17, 15) is 4.79 Å². The molecule has 4 heteroatoms. The van der Waals surface area contributed by atoms with Crippen molar-refractivity contribution in [3.05, 3.63) is 34.3 Å². The summed E-state index contributed by atoms with van der Waals surface area (Å²) < 4.78 is 0.770. The van der Waals surface area contributed by atoms with E-state index in [4.69, 9.17) is 0 Å². The summed E-state index contributed by atoms with van der Waals surface area (Å²) in [4.78, 5) is 11.6. The predicted octanol–water partition coefficient (Wildman–Crippen LogP) is 2.96. The molecule has 1 aromatic carbocycles. The van der Waals surface area contributed by atoms with Crippen molar-refractivity contribution in [3.8, 4) is 0 Å². The molecule has 15 heavy (non-hydrogen) atoms. The molecule has 0 saturated carbocycles. The first-order valence-corrected chi connectivity index (χ1v) is 5.52. The zero-order valence-corrected chi connectivity index (χ0v) is 10.3. The average molecular weight is 269 g/mol. The maximum Gasteiger partial charge on any atom is 0.272 e. The Bertz CT molecular complexity index is 388. The van der Waals surface area contributed by atoms with Crippen LogP contribution >= 0.6 is 15.9 Å². The van der Waals surface area contributed by atoms with E-state index in [1.54, 1.807) is 6.07 Å². The van der Waals surface area contributed by atoms with Gasteiger partial charge in [0.1, 0.15) is 0 Å². The van der Waals surface area contributed by atoms with E-state index in [1.807, 2.05) is 32.0 Å². The van der Waals surface area contributed by atoms with Crippen LogP contribution in [0.1, 0.15) is 30.6 Å². The minimum absolute atomic E-state index is 0.199. The molecule has 0 bridgehead atoms. The SMILES string of the molecule is CC/C(C)=N/NC(=O)c1ccccc1Br. The standard InChI is InChI=1S/C11H13BrN2O/c1-3-8(2)13-14-11(15)9-6-4-5-7-10(9)12/h4-7H,3H2,1-2H3,(H,14,15)/b13-8+. The van der Waals surface area contributed by atoms with Crippen LogP contribution in [-0.2, 0) is 0 Å². The fourth-order valence-corrected chi connectivity index (χ4v) is 1.40. The van der Waals surface area contributed by atoms with Gasteiger partial charge in [-0.25, -0.2) is 5.43 Å². The number of nitrogens with zero attached hydrogens (tertiary/aromatic N) is 1. The molecule has 0 aliphatic rings. The molecule has 1 rings (SSSR count). The van der Waals surface area contributed by atoms with Gasteiger partial charge in [-0.15, -0.1) is 0 Å². The van der Waals surface area contributed by atoms with Crippen LogP contribution in [-0.4, -0.2) is 11.6 Å². The molecule has 1 N–H and O–H groups in total. The van der Waals surface area contributed by atoms with Gasteiger partial charge in [0.2, 0.25) is 0 Å². The van der Waals surface area contributed by atoms with Gasteiger partial charge in [0, 0.05) is 10.2 Å². The number of hydrogen-bond donors (Lipinski definition) is 1. The summed E-state index contributed by atoms with van der Waals surface area (Å²) in [6, 6.07) is 7.25. The molecule has 1 amide bonds. The van der Waals surface area contributed by atoms with Gasteiger partial charge in [-0.2, -0.15) is 5.10 Å². The van der Waals surface area contributed by atoms with Crippen LogP contribution in [0, 0.1) is 0 Å². The molecular formula is C11H13BrN2O. The predicted molar refractivity (Wildman–Crippen MR) is 65.0 cm³/mol. The van der Waals surface area contributed by atoms with Gasteiger partial charge in [-0.1, -0.05) is 19.1 Å². The molecule has 3 nitrogen and oxygen atoms in total. The van der Waals surface area contributed by atoms with Crippen molar-refractivity contribution in [3.63, 3.8) is 0 Å². The monoisotopic (exact) mass is 268 g/mol. The summed E-state index contributed by atoms with van der Waals surface area (Å²) in [7, 11) is 0. The Morgan fingerprint density at radius 2 is 2.13 bits per heavy atom. The maximum absolute atomic E-state index is 11.6. The second kappa shape index (κ2) is 5.66. The molecule has 0 aliphatic heterocycles. The number of hydrogen-bond acceptors (Lipinski definition) is 2. The van der Waals surface area contributed by atoms with Crippen LogP contribution in [0.15, 0.2) is 33.8 Å². The lowest BCUT2D eigenvalue weighted by molar-refractivity contribution is 0.0954. The lowest BCUT2D eigenvalue weighted by atomic mass is 10.2. The van der Waals surface area contributed by atoms with Crippen molar-refractivity contribution in [1.82, 2.24) is 5.43 Å². The molecule has 80 valence electrons. The summed E-state index contributed by atoms with van der Waals surface area (Å²) in [6.07, 6.45) is 0.830. The summed E-state index contributed by atoms with van der Waals surface area (Å²) in [5.41, 5.74) is 4.00. The third-order valence-electron chi connectivity index (χ3n) is 1.98. The Balaban J connectivity index is 2.74. The number of carbonyl (C=O) groups excluding carboxylic acids is 1. The zero-order chi connectivity index (χ0) is 11.3. The second-order valence-electron chi connectivity index (χ2n) is 3.12. The molecule has 0 unspecified atom stereocenters. The summed E-state index contributed by atoms with van der Waals surface area (Å²) in [6.45, 7) is 3.86. The molecular weight excluding hydrogens is 256 g/mol. The minimum atomic E-state index is -0.199. The molecule has 0 atom stereocenters. The summed E-state index contributed by atoms with van der Waals surface area (Å²) in [5, 5.41) is 3.96. The highest BCUT2D eigenvalue weighted by Gasteiger charge is 2.07. The molecule has 0 aromatic heterocycles. The van der Waals surface area contributed by atoms with Gasteiger partial charge in [-0.05, 0) is 41.4 Å². The van der Waals surface area contributed by atoms with Crippen LogP contribution in [0.25, 0.3) is 0 Å². The summed E-state index contributed by atoms with van der Waals surface area (Å²) >= 11 is 3.31. The Morgan fingerprint density at radius 3 is 2.73 bits per heavy atom. The second-order valence-corrected chi connectivity index (χ2v) is 3.98. The van der Waals surface area contributed by atoms with Gasteiger partial charge in [0.05, 0.1) is 5.56 Å². The molecule has 0 spiro atoms. The van der Waals surface area contributed by atoms with E-state index in [0.717, 1.165) is 16.6 Å². The zero-order valence-electron chi connectivity index (χ0n) is 8.75. The van der Waals surface area contributed by atoms with Crippen molar-refractivity contribution >= 4 is 27.5 Å². The highest BCUT2D eigenvalue weighted by atomic mass is 79.9. The fraction of sp³-hybridized carbons (Fsp3) is 0.273. The highest BCUT2D eigenvalue weighted by molar-refractivity contribution is 9.10. The summed E-state index contributed by atoms with van der Waals surface area (Å²) in [5.74, 6) is -0.199. The van der Waals surface area contributed by atoms with Crippen molar-refractivity contribution in [2.45, 2.75) is 20.3 Å². The highest BCUT2D eigenvalue weighted by Crippen LogP contribution is 2.15. The molecule has 0 fully saturated rings. The first-order chi connectivity index (χ1) is 7.15. The molecule has 0 heterocycles. The van der Waals surface area contributed by atoms with Crippen LogP contribution in [0.2, 0.25) is 0 Å². The van der Waals surface area contributed by atoms with E-state index >= 15 is 0 Å². The van der Waals surface area contributed by atoms with Crippen LogP contribution in [0.3, 0.4) is 0 Å². The Labute approximate surface area is 97.7 Å². The first kappa shape index (κ1) is 11.9. The van der Waals surface area contributed by atoms with E-state index < -0.39 is 0 Å². The van der Waals surface area contributed by atoms with Gasteiger partial charge < -0.3 is 0 Å². The Kier molecular flexibility index (Phi) is 4.49. The normalized spacial score (nSPS) is 11.3. The lowest BCUT2D eigenvalue weighted by Crippen LogP contribution is -2.19. The Morgan fingerprint density at radius 1 is 1.47 bits per heavy atom. The van der Waals surface area contributed by atoms with Crippen LogP contribution in [0.4, 0.5) is 0 Å². The average Bonchev–Trinajstić information content (AvgIpc) is 2.26. The number of hydrazone groups is 1. The topological polar surface area (TPSA) is 41.5 Å². The number of rotatable bonds is 3. The van der Waals surface area contributed by atoms with E-state index in [0.29, 0.717) is 5.56 Å². The van der Waals surface area contributed by atoms with Crippen molar-refractivity contribution in [2.24, 2.45) is 5.10 Å². The van der Waals surface area contributed by atoms with Crippen molar-refractivity contribution in [2.75, 3.05) is 0 Å². The van der Waals surface area contributed by atoms with Crippen LogP contribution in [0.5, 0.6) is 0 Å². The van der Waals surface area contributed by atoms with Gasteiger partial charge in [0.25, 0.3) is 5.91 Å². The third-order valence-corrected chi connectivity index (χ3v) is 2.67. The van der Waals surface area contributed by atoms with Gasteiger partial charge in [-0.3, -0.25) is 4.79 Å². The number of amides is 1. The molecule has 0 saturated heterocycles. The molecule has 0 radical (unpaired) electrons. The molecule has 1 aromatic rings. The maximum atomic E-state index is 11.6.